The van der Waals surface area contributed by atoms with E-state index >= 15 is 0 Å². The number of amides is 3. The van der Waals surface area contributed by atoms with Crippen molar-refractivity contribution in [3.05, 3.63) is 65.2 Å². The molecule has 0 spiro atoms. The first kappa shape index (κ1) is 25.4. The second kappa shape index (κ2) is 9.58. The number of nitrogens with zero attached hydrogens (tertiary/aromatic N) is 2. The third-order valence-electron chi connectivity index (χ3n) is 5.71. The quantitative estimate of drug-likeness (QED) is 0.650. The Morgan fingerprint density at radius 1 is 1.06 bits per heavy atom. The molecule has 0 unspecified atom stereocenters. The summed E-state index contributed by atoms with van der Waals surface area (Å²) in [6.07, 6.45) is -0.238. The van der Waals surface area contributed by atoms with Crippen molar-refractivity contribution in [1.29, 1.82) is 0 Å². The van der Waals surface area contributed by atoms with E-state index in [9.17, 15) is 22.8 Å². The van der Waals surface area contributed by atoms with E-state index in [2.05, 4.69) is 5.32 Å². The molecule has 3 rings (SSSR count). The SMILES string of the molecule is Cc1ccccc1CN(C(=O)CCN1C(=O)c2ccccc2S1(=O)=O)[C@@H](C)C(=O)NC(C)(C)C. The summed E-state index contributed by atoms with van der Waals surface area (Å²) in [5.74, 6) is -1.38. The van der Waals surface area contributed by atoms with Crippen LogP contribution < -0.4 is 5.32 Å². The summed E-state index contributed by atoms with van der Waals surface area (Å²) in [7, 11) is -4.01. The molecule has 3 amide bonds. The van der Waals surface area contributed by atoms with Crippen molar-refractivity contribution in [3.8, 4) is 0 Å². The highest BCUT2D eigenvalue weighted by Crippen LogP contribution is 2.30. The van der Waals surface area contributed by atoms with Gasteiger partial charge in [-0.15, -0.1) is 0 Å². The summed E-state index contributed by atoms with van der Waals surface area (Å²) < 4.78 is 26.4. The van der Waals surface area contributed by atoms with Crippen molar-refractivity contribution in [2.45, 2.75) is 64.1 Å². The van der Waals surface area contributed by atoms with Gasteiger partial charge in [-0.3, -0.25) is 14.4 Å². The van der Waals surface area contributed by atoms with Gasteiger partial charge in [-0.05, 0) is 57.9 Å². The number of hydrogen-bond acceptors (Lipinski definition) is 5. The van der Waals surface area contributed by atoms with Gasteiger partial charge in [0.05, 0.1) is 5.56 Å². The highest BCUT2D eigenvalue weighted by Gasteiger charge is 2.41. The molecule has 0 bridgehead atoms. The highest BCUT2D eigenvalue weighted by atomic mass is 32.2. The molecule has 34 heavy (non-hydrogen) atoms. The van der Waals surface area contributed by atoms with Gasteiger partial charge in [0, 0.05) is 25.0 Å². The van der Waals surface area contributed by atoms with Gasteiger partial charge in [0.2, 0.25) is 11.8 Å². The van der Waals surface area contributed by atoms with Gasteiger partial charge in [-0.2, -0.15) is 0 Å². The molecule has 1 N–H and O–H groups in total. The summed E-state index contributed by atoms with van der Waals surface area (Å²) >= 11 is 0. The van der Waals surface area contributed by atoms with Crippen molar-refractivity contribution in [2.75, 3.05) is 6.54 Å². The summed E-state index contributed by atoms with van der Waals surface area (Å²) in [6, 6.07) is 12.8. The predicted octanol–water partition coefficient (Wildman–Crippen LogP) is 2.86. The maximum Gasteiger partial charge on any atom is 0.269 e. The van der Waals surface area contributed by atoms with Crippen LogP contribution >= 0.6 is 0 Å². The molecule has 1 aliphatic heterocycles. The number of benzene rings is 2. The lowest BCUT2D eigenvalue weighted by Gasteiger charge is -2.32. The van der Waals surface area contributed by atoms with Gasteiger partial charge in [-0.25, -0.2) is 12.7 Å². The molecule has 182 valence electrons. The molecular weight excluding hydrogens is 454 g/mol. The normalized spacial score (nSPS) is 15.6. The molecule has 1 atom stereocenters. The van der Waals surface area contributed by atoms with Crippen LogP contribution in [0.2, 0.25) is 0 Å². The Balaban J connectivity index is 1.82. The zero-order chi connectivity index (χ0) is 25.3. The Labute approximate surface area is 201 Å². The molecular formula is C25H31N3O5S. The first-order chi connectivity index (χ1) is 15.8. The predicted molar refractivity (Wildman–Crippen MR) is 128 cm³/mol. The van der Waals surface area contributed by atoms with Crippen LogP contribution in [0.25, 0.3) is 0 Å². The van der Waals surface area contributed by atoms with Gasteiger partial charge in [0.1, 0.15) is 10.9 Å². The van der Waals surface area contributed by atoms with Gasteiger partial charge in [-0.1, -0.05) is 36.4 Å². The lowest BCUT2D eigenvalue weighted by molar-refractivity contribution is -0.141. The van der Waals surface area contributed by atoms with E-state index in [4.69, 9.17) is 0 Å². The Bertz CT molecular complexity index is 1220. The van der Waals surface area contributed by atoms with E-state index in [1.165, 1.54) is 17.0 Å². The summed E-state index contributed by atoms with van der Waals surface area (Å²) in [6.45, 7) is 9.01. The van der Waals surface area contributed by atoms with Crippen LogP contribution in [0.4, 0.5) is 0 Å². The van der Waals surface area contributed by atoms with Crippen molar-refractivity contribution < 1.29 is 22.8 Å². The molecule has 2 aromatic carbocycles. The number of carbonyl (C=O) groups is 3. The minimum atomic E-state index is -4.01. The van der Waals surface area contributed by atoms with E-state index in [1.54, 1.807) is 19.1 Å². The molecule has 0 saturated heterocycles. The van der Waals surface area contributed by atoms with Crippen molar-refractivity contribution in [3.63, 3.8) is 0 Å². The summed E-state index contributed by atoms with van der Waals surface area (Å²) in [4.78, 5) is 40.3. The average molecular weight is 486 g/mol. The molecule has 0 saturated carbocycles. The third-order valence-corrected chi connectivity index (χ3v) is 7.55. The van der Waals surface area contributed by atoms with Crippen molar-refractivity contribution in [1.82, 2.24) is 14.5 Å². The number of aryl methyl sites for hydroxylation is 1. The minimum absolute atomic E-state index is 0.0536. The van der Waals surface area contributed by atoms with Crippen molar-refractivity contribution in [2.24, 2.45) is 0 Å². The molecule has 0 radical (unpaired) electrons. The van der Waals surface area contributed by atoms with Crippen molar-refractivity contribution >= 4 is 27.7 Å². The molecule has 2 aromatic rings. The number of rotatable bonds is 7. The monoisotopic (exact) mass is 485 g/mol. The average Bonchev–Trinajstić information content (AvgIpc) is 2.95. The van der Waals surface area contributed by atoms with Crippen LogP contribution in [0.1, 0.15) is 55.6 Å². The molecule has 1 aliphatic rings. The zero-order valence-corrected chi connectivity index (χ0v) is 21.0. The molecule has 0 aromatic heterocycles. The van der Waals surface area contributed by atoms with Crippen LogP contribution in [0, 0.1) is 6.92 Å². The lowest BCUT2D eigenvalue weighted by atomic mass is 10.1. The van der Waals surface area contributed by atoms with E-state index in [1.807, 2.05) is 52.0 Å². The number of sulfonamides is 1. The molecule has 0 fully saturated rings. The standard InChI is InChI=1S/C25H31N3O5S/c1-17-10-6-7-11-19(17)16-27(18(2)23(30)26-25(3,4)5)22(29)14-15-28-24(31)20-12-8-9-13-21(20)34(28,32)33/h6-13,18H,14-16H2,1-5H3,(H,26,30)/t18-/m0/s1. The Hall–Kier alpha value is -3.20. The second-order valence-corrected chi connectivity index (χ2v) is 11.3. The van der Waals surface area contributed by atoms with Gasteiger partial charge >= 0.3 is 0 Å². The number of carbonyl (C=O) groups excluding carboxylic acids is 3. The Kier molecular flexibility index (Phi) is 7.16. The minimum Gasteiger partial charge on any atom is -0.350 e. The first-order valence-corrected chi connectivity index (χ1v) is 12.6. The summed E-state index contributed by atoms with van der Waals surface area (Å²) in [5, 5.41) is 2.89. The number of fused-ring (bicyclic) bond motifs is 1. The maximum absolute atomic E-state index is 13.3. The first-order valence-electron chi connectivity index (χ1n) is 11.1. The number of hydrogen-bond donors (Lipinski definition) is 1. The number of nitrogens with one attached hydrogen (secondary N) is 1. The largest absolute Gasteiger partial charge is 0.350 e. The van der Waals surface area contributed by atoms with E-state index in [-0.39, 0.29) is 35.9 Å². The fourth-order valence-electron chi connectivity index (χ4n) is 3.82. The Morgan fingerprint density at radius 3 is 2.29 bits per heavy atom. The van der Waals surface area contributed by atoms with Crippen LogP contribution in [0.15, 0.2) is 53.4 Å². The Morgan fingerprint density at radius 2 is 1.68 bits per heavy atom. The topological polar surface area (TPSA) is 104 Å². The van der Waals surface area contributed by atoms with E-state index in [0.717, 1.165) is 15.4 Å². The third kappa shape index (κ3) is 5.30. The van der Waals surface area contributed by atoms with E-state index < -0.39 is 33.4 Å². The second-order valence-electron chi connectivity index (χ2n) is 9.49. The fraction of sp³-hybridized carbons (Fsp3) is 0.400. The van der Waals surface area contributed by atoms with Crippen LogP contribution in [-0.2, 0) is 26.2 Å². The van der Waals surface area contributed by atoms with E-state index in [0.29, 0.717) is 0 Å². The fourth-order valence-corrected chi connectivity index (χ4v) is 5.39. The molecule has 1 heterocycles. The highest BCUT2D eigenvalue weighted by molar-refractivity contribution is 7.90. The van der Waals surface area contributed by atoms with Gasteiger partial charge < -0.3 is 10.2 Å². The molecule has 9 heteroatoms. The maximum atomic E-state index is 13.3. The lowest BCUT2D eigenvalue weighted by Crippen LogP contribution is -2.52. The van der Waals surface area contributed by atoms with Crippen LogP contribution in [0.3, 0.4) is 0 Å². The zero-order valence-electron chi connectivity index (χ0n) is 20.2. The van der Waals surface area contributed by atoms with Crippen LogP contribution in [0.5, 0.6) is 0 Å². The summed E-state index contributed by atoms with van der Waals surface area (Å²) in [5.41, 5.74) is 1.47. The molecule has 8 nitrogen and oxygen atoms in total. The van der Waals surface area contributed by atoms with Gasteiger partial charge in [0.25, 0.3) is 15.9 Å². The molecule has 0 aliphatic carbocycles. The van der Waals surface area contributed by atoms with Crippen LogP contribution in [-0.4, -0.2) is 53.5 Å². The van der Waals surface area contributed by atoms with Gasteiger partial charge in [0.15, 0.2) is 0 Å². The smallest absolute Gasteiger partial charge is 0.269 e.